The topological polar surface area (TPSA) is 112 Å². The average molecular weight is 447 g/mol. The first-order chi connectivity index (χ1) is 14.0. The summed E-state index contributed by atoms with van der Waals surface area (Å²) in [6, 6.07) is -0.494. The van der Waals surface area contributed by atoms with Gasteiger partial charge in [-0.1, -0.05) is 39.9 Å². The van der Waals surface area contributed by atoms with Crippen LogP contribution in [0.5, 0.6) is 0 Å². The fourth-order valence-electron chi connectivity index (χ4n) is 4.59. The van der Waals surface area contributed by atoms with E-state index < -0.39 is 19.5 Å². The van der Waals surface area contributed by atoms with Gasteiger partial charge in [-0.25, -0.2) is 0 Å². The van der Waals surface area contributed by atoms with E-state index in [2.05, 4.69) is 50.2 Å². The van der Waals surface area contributed by atoms with Crippen molar-refractivity contribution >= 4 is 48.6 Å². The maximum atomic E-state index is 13.2. The highest BCUT2D eigenvalue weighted by atomic mass is 32.1. The molecular formula is C20H30N6O2SSi. The molecule has 8 nitrogen and oxygen atoms in total. The summed E-state index contributed by atoms with van der Waals surface area (Å²) < 4.78 is 4.21. The summed E-state index contributed by atoms with van der Waals surface area (Å²) in [6.45, 7) is 12.6. The molecule has 162 valence electrons. The maximum absolute atomic E-state index is 13.2. The van der Waals surface area contributed by atoms with Gasteiger partial charge in [0.25, 0.3) is 0 Å². The van der Waals surface area contributed by atoms with Crippen LogP contribution in [0.4, 0.5) is 17.2 Å². The Bertz CT molecular complexity index is 1000. The average Bonchev–Trinajstić information content (AvgIpc) is 3.23. The fourth-order valence-corrected chi connectivity index (χ4v) is 7.84. The molecule has 1 atom stereocenters. The number of amides is 2. The van der Waals surface area contributed by atoms with Gasteiger partial charge < -0.3 is 16.0 Å². The number of aromatic amines is 1. The van der Waals surface area contributed by atoms with Crippen LogP contribution in [0.3, 0.4) is 0 Å². The number of hydrogen-bond acceptors (Lipinski definition) is 6. The zero-order valence-corrected chi connectivity index (χ0v) is 20.2. The second-order valence-electron chi connectivity index (χ2n) is 10.1. The lowest BCUT2D eigenvalue weighted by Gasteiger charge is -2.48. The summed E-state index contributed by atoms with van der Waals surface area (Å²) in [6.07, 6.45) is 2.99. The predicted octanol–water partition coefficient (Wildman–Crippen LogP) is 4.09. The van der Waals surface area contributed by atoms with E-state index >= 15 is 0 Å². The zero-order chi connectivity index (χ0) is 21.9. The second-order valence-corrected chi connectivity index (χ2v) is 16.2. The van der Waals surface area contributed by atoms with E-state index in [1.807, 2.05) is 26.2 Å². The molecule has 1 unspecified atom stereocenters. The zero-order valence-electron chi connectivity index (χ0n) is 18.4. The molecule has 0 saturated heterocycles. The minimum absolute atomic E-state index is 0.0645. The number of carbonyl (C=O) groups is 2. The van der Waals surface area contributed by atoms with E-state index in [9.17, 15) is 9.59 Å². The molecule has 3 heterocycles. The molecule has 10 heteroatoms. The molecule has 2 aromatic rings. The molecule has 2 aliphatic rings. The van der Waals surface area contributed by atoms with Gasteiger partial charge in [0.1, 0.15) is 11.7 Å². The van der Waals surface area contributed by atoms with Gasteiger partial charge in [0.15, 0.2) is 5.82 Å². The monoisotopic (exact) mass is 446 g/mol. The van der Waals surface area contributed by atoms with Gasteiger partial charge in [0, 0.05) is 15.8 Å². The molecule has 0 aromatic carbocycles. The summed E-state index contributed by atoms with van der Waals surface area (Å²) in [5.74, 6) is 0.411. The van der Waals surface area contributed by atoms with Gasteiger partial charge >= 0.3 is 0 Å². The number of nitrogens with zero attached hydrogens (tertiary/aromatic N) is 2. The molecule has 2 amide bonds. The smallest absolute Gasteiger partial charge is 0.247 e. The highest BCUT2D eigenvalue weighted by molar-refractivity contribution is 7.04. The molecule has 1 saturated carbocycles. The summed E-state index contributed by atoms with van der Waals surface area (Å²) >= 11 is 1.32. The number of aryl methyl sites for hydroxylation is 1. The molecule has 1 aliphatic carbocycles. The Labute approximate surface area is 181 Å². The third kappa shape index (κ3) is 3.08. The second kappa shape index (κ2) is 6.91. The van der Waals surface area contributed by atoms with Crippen molar-refractivity contribution < 1.29 is 9.59 Å². The van der Waals surface area contributed by atoms with E-state index in [0.717, 1.165) is 36.3 Å². The van der Waals surface area contributed by atoms with Crippen molar-refractivity contribution in [1.29, 1.82) is 0 Å². The Hall–Kier alpha value is -2.20. The normalized spacial score (nSPS) is 21.3. The summed E-state index contributed by atoms with van der Waals surface area (Å²) in [7, 11) is -1.69. The third-order valence-electron chi connectivity index (χ3n) is 7.00. The number of rotatable bonds is 5. The Kier molecular flexibility index (Phi) is 4.85. The molecule has 4 rings (SSSR count). The Morgan fingerprint density at radius 1 is 1.23 bits per heavy atom. The van der Waals surface area contributed by atoms with Crippen LogP contribution < -0.4 is 16.0 Å². The molecule has 1 aliphatic heterocycles. The van der Waals surface area contributed by atoms with Gasteiger partial charge in [-0.2, -0.15) is 9.47 Å². The van der Waals surface area contributed by atoms with Crippen LogP contribution in [-0.4, -0.2) is 40.5 Å². The Balaban J connectivity index is 1.55. The van der Waals surface area contributed by atoms with Crippen LogP contribution >= 0.6 is 11.5 Å². The highest BCUT2D eigenvalue weighted by Gasteiger charge is 2.54. The van der Waals surface area contributed by atoms with Crippen LogP contribution in [0.25, 0.3) is 0 Å². The van der Waals surface area contributed by atoms with Crippen LogP contribution in [-0.2, 0) is 15.0 Å². The van der Waals surface area contributed by atoms with Crippen LogP contribution in [0.2, 0.25) is 24.7 Å². The summed E-state index contributed by atoms with van der Waals surface area (Å²) in [5, 5.41) is 18.4. The molecule has 4 N–H and O–H groups in total. The van der Waals surface area contributed by atoms with Crippen molar-refractivity contribution in [1.82, 2.24) is 14.6 Å². The van der Waals surface area contributed by atoms with E-state index in [1.165, 1.54) is 11.5 Å². The number of nitrogens with one attached hydrogen (secondary N) is 4. The van der Waals surface area contributed by atoms with Gasteiger partial charge in [0.05, 0.1) is 25.1 Å². The first kappa shape index (κ1) is 21.0. The number of fused-ring (bicyclic) bond motifs is 1. The molecule has 0 radical (unpaired) electrons. The van der Waals surface area contributed by atoms with E-state index in [1.54, 1.807) is 0 Å². The van der Waals surface area contributed by atoms with Crippen molar-refractivity contribution in [3.63, 3.8) is 0 Å². The minimum Gasteiger partial charge on any atom is -0.368 e. The lowest BCUT2D eigenvalue weighted by atomic mass is 9.83. The molecule has 30 heavy (non-hydrogen) atoms. The van der Waals surface area contributed by atoms with Crippen molar-refractivity contribution in [2.45, 2.75) is 76.2 Å². The van der Waals surface area contributed by atoms with Crippen molar-refractivity contribution in [3.8, 4) is 0 Å². The SMILES string of the molecule is Cc1nscc1NC(=O)C1Nc2c(NC(=O)C3([Si](C)(C)C)CCC3)n[nH]c2C1(C)C. The van der Waals surface area contributed by atoms with E-state index in [0.29, 0.717) is 11.5 Å². The predicted molar refractivity (Wildman–Crippen MR) is 123 cm³/mol. The lowest BCUT2D eigenvalue weighted by molar-refractivity contribution is -0.121. The van der Waals surface area contributed by atoms with Gasteiger partial charge in [0.2, 0.25) is 11.8 Å². The number of H-pyrrole nitrogens is 1. The Morgan fingerprint density at radius 3 is 2.47 bits per heavy atom. The van der Waals surface area contributed by atoms with Gasteiger partial charge in [-0.05, 0) is 31.3 Å². The Morgan fingerprint density at radius 2 is 1.93 bits per heavy atom. The lowest BCUT2D eigenvalue weighted by Crippen LogP contribution is -2.52. The first-order valence-electron chi connectivity index (χ1n) is 10.4. The molecule has 2 aromatic heterocycles. The van der Waals surface area contributed by atoms with Crippen LogP contribution in [0.15, 0.2) is 5.38 Å². The molecular weight excluding hydrogens is 416 g/mol. The highest BCUT2D eigenvalue weighted by Crippen LogP contribution is 2.56. The van der Waals surface area contributed by atoms with Gasteiger partial charge in [-0.15, -0.1) is 0 Å². The number of anilines is 3. The number of hydrogen-bond donors (Lipinski definition) is 4. The number of carbonyl (C=O) groups excluding carboxylic acids is 2. The van der Waals surface area contributed by atoms with Crippen LogP contribution in [0, 0.1) is 6.92 Å². The minimum atomic E-state index is -1.69. The van der Waals surface area contributed by atoms with Crippen molar-refractivity contribution in [3.05, 3.63) is 16.8 Å². The number of aromatic nitrogens is 3. The molecule has 1 fully saturated rings. The van der Waals surface area contributed by atoms with E-state index in [4.69, 9.17) is 0 Å². The maximum Gasteiger partial charge on any atom is 0.247 e. The first-order valence-corrected chi connectivity index (χ1v) is 14.7. The standard InChI is InChI=1S/C20H30N6O2SSi/c1-11-12(10-29-26-11)21-17(27)15-19(2,3)14-13(22-15)16(25-24-14)23-18(28)20(8-7-9-20)30(4,5)6/h10,15,22H,7-9H2,1-6H3,(H,21,27)(H2,23,24,25,28). The van der Waals surface area contributed by atoms with Crippen molar-refractivity contribution in [2.75, 3.05) is 16.0 Å². The molecule has 0 bridgehead atoms. The van der Waals surface area contributed by atoms with Crippen LogP contribution in [0.1, 0.15) is 44.5 Å². The largest absolute Gasteiger partial charge is 0.368 e. The quantitative estimate of drug-likeness (QED) is 0.517. The summed E-state index contributed by atoms with van der Waals surface area (Å²) in [5.41, 5.74) is 2.55. The molecule has 0 spiro atoms. The van der Waals surface area contributed by atoms with E-state index in [-0.39, 0.29) is 16.9 Å². The fraction of sp³-hybridized carbons (Fsp3) is 0.600. The summed E-state index contributed by atoms with van der Waals surface area (Å²) in [4.78, 5) is 26.3. The van der Waals surface area contributed by atoms with Crippen molar-refractivity contribution in [2.24, 2.45) is 0 Å². The third-order valence-corrected chi connectivity index (χ3v) is 11.3. The van der Waals surface area contributed by atoms with Gasteiger partial charge in [-0.3, -0.25) is 14.7 Å².